The van der Waals surface area contributed by atoms with Gasteiger partial charge in [0.2, 0.25) is 5.91 Å². The molecular weight excluding hydrogens is 435 g/mol. The Balaban J connectivity index is 1.54. The van der Waals surface area contributed by atoms with E-state index >= 15 is 0 Å². The Morgan fingerprint density at radius 3 is 2.76 bits per heavy atom. The van der Waals surface area contributed by atoms with Gasteiger partial charge in [-0.15, -0.1) is 0 Å². The largest absolute Gasteiger partial charge is 0.416 e. The number of pyridine rings is 1. The monoisotopic (exact) mass is 461 g/mol. The molecule has 0 radical (unpaired) electrons. The number of carbonyl (C=O) groups is 2. The van der Waals surface area contributed by atoms with Crippen LogP contribution in [0.3, 0.4) is 0 Å². The maximum atomic E-state index is 13.4. The molecule has 2 aliphatic rings. The molecule has 2 aromatic rings. The molecule has 1 aromatic carbocycles. The van der Waals surface area contributed by atoms with Crippen LogP contribution in [-0.2, 0) is 17.5 Å². The first-order chi connectivity index (χ1) is 15.7. The number of amides is 2. The minimum absolute atomic E-state index is 0.100. The Labute approximate surface area is 190 Å². The van der Waals surface area contributed by atoms with Crippen molar-refractivity contribution in [1.29, 1.82) is 0 Å². The van der Waals surface area contributed by atoms with Gasteiger partial charge in [0.1, 0.15) is 6.04 Å². The van der Waals surface area contributed by atoms with Crippen LogP contribution in [0.4, 0.5) is 24.7 Å². The number of anilines is 2. The predicted octanol–water partition coefficient (Wildman–Crippen LogP) is 3.19. The van der Waals surface area contributed by atoms with Crippen LogP contribution in [0.2, 0.25) is 0 Å². The van der Waals surface area contributed by atoms with Crippen molar-refractivity contribution < 1.29 is 22.8 Å². The highest BCUT2D eigenvalue weighted by molar-refractivity contribution is 6.06. The molecule has 3 heterocycles. The standard InChI is InChI=1S/C23H26F3N5O2/c1-3-8-27-21(32)16-11-28-20-19(14(16)2)29-22(33)18-13-30(9-10-31(18)20)12-15-6-4-5-7-17(15)23(24,25)26/h4-7,11,18H,3,8-10,12-13H2,1-2H3,(H,27,32)(H,29,33). The van der Waals surface area contributed by atoms with Crippen molar-refractivity contribution in [2.45, 2.75) is 39.0 Å². The first-order valence-corrected chi connectivity index (χ1v) is 10.9. The van der Waals surface area contributed by atoms with E-state index in [1.807, 2.05) is 16.7 Å². The summed E-state index contributed by atoms with van der Waals surface area (Å²) in [7, 11) is 0. The molecule has 1 saturated heterocycles. The molecule has 0 saturated carbocycles. The van der Waals surface area contributed by atoms with E-state index in [2.05, 4.69) is 15.6 Å². The summed E-state index contributed by atoms with van der Waals surface area (Å²) in [5, 5.41) is 5.68. The lowest BCUT2D eigenvalue weighted by Crippen LogP contribution is -2.60. The van der Waals surface area contributed by atoms with Gasteiger partial charge in [0.05, 0.1) is 16.8 Å². The first kappa shape index (κ1) is 23.0. The molecule has 10 heteroatoms. The summed E-state index contributed by atoms with van der Waals surface area (Å²) < 4.78 is 40.1. The Hall–Kier alpha value is -3.14. The summed E-state index contributed by atoms with van der Waals surface area (Å²) in [4.78, 5) is 33.6. The van der Waals surface area contributed by atoms with Gasteiger partial charge in [-0.25, -0.2) is 4.98 Å². The zero-order valence-corrected chi connectivity index (χ0v) is 18.5. The SMILES string of the molecule is CCCNC(=O)c1cnc2c(c1C)NC(=O)C1CN(Cc3ccccc3C(F)(F)F)CCN21. The molecule has 0 bridgehead atoms. The highest BCUT2D eigenvalue weighted by atomic mass is 19.4. The molecular formula is C23H26F3N5O2. The van der Waals surface area contributed by atoms with Crippen molar-refractivity contribution in [2.24, 2.45) is 0 Å². The Bertz CT molecular complexity index is 1070. The number of fused-ring (bicyclic) bond motifs is 3. The number of aromatic nitrogens is 1. The minimum Gasteiger partial charge on any atom is -0.352 e. The lowest BCUT2D eigenvalue weighted by Gasteiger charge is -2.44. The van der Waals surface area contributed by atoms with E-state index < -0.39 is 17.8 Å². The van der Waals surface area contributed by atoms with Crippen LogP contribution in [0.1, 0.15) is 40.4 Å². The topological polar surface area (TPSA) is 77.6 Å². The molecule has 2 N–H and O–H groups in total. The molecule has 176 valence electrons. The second-order valence-electron chi connectivity index (χ2n) is 8.34. The summed E-state index contributed by atoms with van der Waals surface area (Å²) in [5.41, 5.74) is 1.09. The summed E-state index contributed by atoms with van der Waals surface area (Å²) in [5.74, 6) is 0.0842. The van der Waals surface area contributed by atoms with Crippen molar-refractivity contribution in [3.05, 3.63) is 52.7 Å². The molecule has 1 aromatic heterocycles. The van der Waals surface area contributed by atoms with Crippen LogP contribution < -0.4 is 15.5 Å². The Morgan fingerprint density at radius 1 is 1.27 bits per heavy atom. The van der Waals surface area contributed by atoms with Crippen molar-refractivity contribution in [3.8, 4) is 0 Å². The first-order valence-electron chi connectivity index (χ1n) is 10.9. The van der Waals surface area contributed by atoms with E-state index in [1.54, 1.807) is 13.0 Å². The number of piperazine rings is 1. The van der Waals surface area contributed by atoms with E-state index in [1.165, 1.54) is 18.3 Å². The van der Waals surface area contributed by atoms with Gasteiger partial charge in [-0.2, -0.15) is 13.2 Å². The number of benzene rings is 1. The number of halogens is 3. The van der Waals surface area contributed by atoms with Crippen LogP contribution in [0.25, 0.3) is 0 Å². The average molecular weight is 461 g/mol. The van der Waals surface area contributed by atoms with Crippen molar-refractivity contribution in [3.63, 3.8) is 0 Å². The zero-order valence-electron chi connectivity index (χ0n) is 18.5. The summed E-state index contributed by atoms with van der Waals surface area (Å²) >= 11 is 0. The summed E-state index contributed by atoms with van der Waals surface area (Å²) in [6, 6.07) is 4.94. The number of nitrogens with zero attached hydrogens (tertiary/aromatic N) is 3. The van der Waals surface area contributed by atoms with E-state index in [4.69, 9.17) is 0 Å². The lowest BCUT2D eigenvalue weighted by molar-refractivity contribution is -0.138. The molecule has 0 spiro atoms. The van der Waals surface area contributed by atoms with Crippen molar-refractivity contribution >= 4 is 23.3 Å². The van der Waals surface area contributed by atoms with E-state index in [0.717, 1.165) is 12.5 Å². The maximum absolute atomic E-state index is 13.4. The molecule has 2 amide bonds. The smallest absolute Gasteiger partial charge is 0.352 e. The maximum Gasteiger partial charge on any atom is 0.416 e. The lowest BCUT2D eigenvalue weighted by atomic mass is 10.0. The Kier molecular flexibility index (Phi) is 6.29. The van der Waals surface area contributed by atoms with E-state index in [-0.39, 0.29) is 30.5 Å². The van der Waals surface area contributed by atoms with Crippen LogP contribution >= 0.6 is 0 Å². The number of nitrogens with one attached hydrogen (secondary N) is 2. The molecule has 1 atom stereocenters. The molecule has 0 aliphatic carbocycles. The average Bonchev–Trinajstić information content (AvgIpc) is 2.78. The third kappa shape index (κ3) is 4.52. The molecule has 1 unspecified atom stereocenters. The Morgan fingerprint density at radius 2 is 2.03 bits per heavy atom. The van der Waals surface area contributed by atoms with Gasteiger partial charge in [0.25, 0.3) is 5.91 Å². The number of rotatable bonds is 5. The van der Waals surface area contributed by atoms with Crippen molar-refractivity contribution in [1.82, 2.24) is 15.2 Å². The molecule has 1 fully saturated rings. The normalized spacial score (nSPS) is 18.4. The van der Waals surface area contributed by atoms with Gasteiger partial charge in [-0.1, -0.05) is 25.1 Å². The van der Waals surface area contributed by atoms with E-state index in [9.17, 15) is 22.8 Å². The number of alkyl halides is 3. The van der Waals surface area contributed by atoms with Gasteiger partial charge in [0.15, 0.2) is 5.82 Å². The highest BCUT2D eigenvalue weighted by Crippen LogP contribution is 2.37. The van der Waals surface area contributed by atoms with Gasteiger partial charge < -0.3 is 15.5 Å². The molecule has 4 rings (SSSR count). The zero-order chi connectivity index (χ0) is 23.8. The second kappa shape index (κ2) is 9.01. The van der Waals surface area contributed by atoms with Crippen LogP contribution in [0.15, 0.2) is 30.5 Å². The number of carbonyl (C=O) groups excluding carboxylic acids is 2. The van der Waals surface area contributed by atoms with Gasteiger partial charge in [0, 0.05) is 38.9 Å². The van der Waals surface area contributed by atoms with Crippen LogP contribution in [-0.4, -0.2) is 53.9 Å². The highest BCUT2D eigenvalue weighted by Gasteiger charge is 2.40. The van der Waals surface area contributed by atoms with Crippen LogP contribution in [0, 0.1) is 6.92 Å². The second-order valence-corrected chi connectivity index (χ2v) is 8.34. The quantitative estimate of drug-likeness (QED) is 0.715. The van der Waals surface area contributed by atoms with Gasteiger partial charge in [-0.3, -0.25) is 14.5 Å². The fraction of sp³-hybridized carbons (Fsp3) is 0.435. The van der Waals surface area contributed by atoms with Gasteiger partial charge in [-0.05, 0) is 30.5 Å². The summed E-state index contributed by atoms with van der Waals surface area (Å²) in [6.45, 7) is 5.57. The third-order valence-corrected chi connectivity index (χ3v) is 6.10. The molecule has 33 heavy (non-hydrogen) atoms. The fourth-order valence-electron chi connectivity index (χ4n) is 4.36. The molecule has 2 aliphatic heterocycles. The van der Waals surface area contributed by atoms with E-state index in [0.29, 0.717) is 42.3 Å². The third-order valence-electron chi connectivity index (χ3n) is 6.10. The minimum atomic E-state index is -4.43. The number of hydrogen-bond acceptors (Lipinski definition) is 5. The fourth-order valence-corrected chi connectivity index (χ4v) is 4.36. The predicted molar refractivity (Wildman–Crippen MR) is 118 cm³/mol. The van der Waals surface area contributed by atoms with Crippen molar-refractivity contribution in [2.75, 3.05) is 36.4 Å². The summed E-state index contributed by atoms with van der Waals surface area (Å²) in [6.07, 6.45) is -2.11. The van der Waals surface area contributed by atoms with Gasteiger partial charge >= 0.3 is 6.18 Å². The molecule has 7 nitrogen and oxygen atoms in total. The van der Waals surface area contributed by atoms with Crippen LogP contribution in [0.5, 0.6) is 0 Å². The number of hydrogen-bond donors (Lipinski definition) is 2.